The van der Waals surface area contributed by atoms with Crippen LogP contribution >= 0.6 is 0 Å². The van der Waals surface area contributed by atoms with Crippen LogP contribution in [0.25, 0.3) is 117 Å². The van der Waals surface area contributed by atoms with E-state index in [4.69, 9.17) is 23.8 Å². The average molecular weight is 731 g/mol. The summed E-state index contributed by atoms with van der Waals surface area (Å²) in [7, 11) is 0. The van der Waals surface area contributed by atoms with Gasteiger partial charge >= 0.3 is 0 Å². The largest absolute Gasteiger partial charge is 0.456 e. The van der Waals surface area contributed by atoms with Crippen LogP contribution in [0.15, 0.2) is 191 Å². The van der Waals surface area contributed by atoms with Crippen LogP contribution < -0.4 is 0 Å². The van der Waals surface area contributed by atoms with Gasteiger partial charge in [0.05, 0.1) is 11.0 Å². The summed E-state index contributed by atoms with van der Waals surface area (Å²) in [5.74, 6) is 1.70. The molecule has 0 unspecified atom stereocenters. The molecule has 6 nitrogen and oxygen atoms in total. The van der Waals surface area contributed by atoms with Gasteiger partial charge in [0.2, 0.25) is 5.95 Å². The summed E-state index contributed by atoms with van der Waals surface area (Å²) in [5, 5.41) is 6.48. The molecule has 57 heavy (non-hydrogen) atoms. The molecule has 0 bridgehead atoms. The number of benzene rings is 8. The van der Waals surface area contributed by atoms with Gasteiger partial charge in [-0.3, -0.25) is 4.57 Å². The van der Waals surface area contributed by atoms with Gasteiger partial charge in [0.1, 0.15) is 22.3 Å². The van der Waals surface area contributed by atoms with Gasteiger partial charge in [-0.05, 0) is 65.2 Å². The Kier molecular flexibility index (Phi) is 6.83. The summed E-state index contributed by atoms with van der Waals surface area (Å²) in [5.41, 5.74) is 11.6. The van der Waals surface area contributed by atoms with Crippen LogP contribution in [0.3, 0.4) is 0 Å². The Hall–Kier alpha value is -7.83. The summed E-state index contributed by atoms with van der Waals surface area (Å²) >= 11 is 0. The van der Waals surface area contributed by atoms with Crippen molar-refractivity contribution in [1.82, 2.24) is 19.5 Å². The molecule has 266 valence electrons. The highest BCUT2D eigenvalue weighted by molar-refractivity contribution is 6.16. The molecular weight excluding hydrogens is 701 g/mol. The fourth-order valence-corrected chi connectivity index (χ4v) is 8.49. The molecule has 0 spiro atoms. The Morgan fingerprint density at radius 2 is 0.982 bits per heavy atom. The number of hydrogen-bond acceptors (Lipinski definition) is 5. The van der Waals surface area contributed by atoms with Gasteiger partial charge < -0.3 is 8.83 Å². The quantitative estimate of drug-likeness (QED) is 0.176. The van der Waals surface area contributed by atoms with Crippen molar-refractivity contribution in [1.29, 1.82) is 0 Å². The Balaban J connectivity index is 1.10. The number of furan rings is 2. The Bertz CT molecular complexity index is 3530. The van der Waals surface area contributed by atoms with Gasteiger partial charge in [0, 0.05) is 49.0 Å². The maximum atomic E-state index is 6.60. The first-order chi connectivity index (χ1) is 28.2. The average Bonchev–Trinajstić information content (AvgIpc) is 3.96. The molecule has 0 fully saturated rings. The lowest BCUT2D eigenvalue weighted by atomic mass is 9.97. The van der Waals surface area contributed by atoms with Gasteiger partial charge in [0.15, 0.2) is 11.6 Å². The van der Waals surface area contributed by atoms with Gasteiger partial charge in [0.25, 0.3) is 0 Å². The molecule has 0 aliphatic carbocycles. The van der Waals surface area contributed by atoms with E-state index >= 15 is 0 Å². The minimum atomic E-state index is 0.534. The molecule has 0 N–H and O–H groups in total. The normalized spacial score (nSPS) is 11.9. The number of rotatable bonds is 5. The molecule has 0 amide bonds. The van der Waals surface area contributed by atoms with E-state index in [2.05, 4.69) is 120 Å². The van der Waals surface area contributed by atoms with Crippen molar-refractivity contribution in [3.63, 3.8) is 0 Å². The van der Waals surface area contributed by atoms with Crippen molar-refractivity contribution in [3.8, 4) is 51.0 Å². The molecule has 0 saturated heterocycles. The zero-order valence-corrected chi connectivity index (χ0v) is 30.4. The molecule has 12 rings (SSSR count). The lowest BCUT2D eigenvalue weighted by Gasteiger charge is -2.13. The third-order valence-corrected chi connectivity index (χ3v) is 11.1. The first kappa shape index (κ1) is 31.5. The number of fused-ring (bicyclic) bond motifs is 9. The number of hydrogen-bond donors (Lipinski definition) is 0. The molecule has 0 atom stereocenters. The summed E-state index contributed by atoms with van der Waals surface area (Å²) in [6.07, 6.45) is 0. The summed E-state index contributed by atoms with van der Waals surface area (Å²) < 4.78 is 15.0. The van der Waals surface area contributed by atoms with Crippen LogP contribution in [0, 0.1) is 0 Å². The van der Waals surface area contributed by atoms with E-state index in [-0.39, 0.29) is 0 Å². The second-order valence-corrected chi connectivity index (χ2v) is 14.4. The van der Waals surface area contributed by atoms with Gasteiger partial charge in [-0.15, -0.1) is 0 Å². The molecule has 4 aromatic heterocycles. The molecule has 0 saturated carbocycles. The predicted molar refractivity (Wildman–Crippen MR) is 230 cm³/mol. The first-order valence-corrected chi connectivity index (χ1v) is 19.0. The minimum Gasteiger partial charge on any atom is -0.456 e. The van der Waals surface area contributed by atoms with Crippen molar-refractivity contribution in [3.05, 3.63) is 182 Å². The highest BCUT2D eigenvalue weighted by Gasteiger charge is 2.22. The van der Waals surface area contributed by atoms with Gasteiger partial charge in [-0.2, -0.15) is 9.97 Å². The molecule has 6 heteroatoms. The van der Waals surface area contributed by atoms with E-state index in [1.54, 1.807) is 0 Å². The standard InChI is InChI=1S/C51H30N4O2/c1-3-13-31(14-4-1)35-19-12-24-45-47(35)40-27-25-33(30-46(40)57-45)36-20-11-21-39-37-17-7-9-22-42(37)55(48(36)39)51-53-49(32-15-5-2-6-16-32)52-50(54-51)34-26-28-44-41(29-34)38-18-8-10-23-43(38)56-44/h1-30H. The first-order valence-electron chi connectivity index (χ1n) is 19.0. The summed E-state index contributed by atoms with van der Waals surface area (Å²) in [4.78, 5) is 15.6. The maximum absolute atomic E-state index is 6.60. The fraction of sp³-hybridized carbons (Fsp3) is 0. The van der Waals surface area contributed by atoms with E-state index in [0.29, 0.717) is 17.6 Å². The lowest BCUT2D eigenvalue weighted by molar-refractivity contribution is 0.668. The topological polar surface area (TPSA) is 69.9 Å². The second kappa shape index (κ2) is 12.3. The van der Waals surface area contributed by atoms with Crippen LogP contribution in [-0.4, -0.2) is 19.5 Å². The number of para-hydroxylation sites is 3. The molecule has 4 heterocycles. The van der Waals surface area contributed by atoms with Gasteiger partial charge in [-0.25, -0.2) is 4.98 Å². The summed E-state index contributed by atoms with van der Waals surface area (Å²) in [6, 6.07) is 62.7. The van der Waals surface area contributed by atoms with Crippen molar-refractivity contribution in [2.24, 2.45) is 0 Å². The van der Waals surface area contributed by atoms with E-state index in [0.717, 1.165) is 99.1 Å². The Morgan fingerprint density at radius 1 is 0.351 bits per heavy atom. The van der Waals surface area contributed by atoms with Crippen LogP contribution in [-0.2, 0) is 0 Å². The van der Waals surface area contributed by atoms with Crippen molar-refractivity contribution < 1.29 is 8.83 Å². The van der Waals surface area contributed by atoms with E-state index in [1.165, 1.54) is 0 Å². The molecule has 0 aliphatic rings. The third kappa shape index (κ3) is 4.94. The van der Waals surface area contributed by atoms with Crippen LogP contribution in [0.4, 0.5) is 0 Å². The van der Waals surface area contributed by atoms with Crippen molar-refractivity contribution in [2.45, 2.75) is 0 Å². The zero-order chi connectivity index (χ0) is 37.5. The second-order valence-electron chi connectivity index (χ2n) is 14.4. The fourth-order valence-electron chi connectivity index (χ4n) is 8.49. The zero-order valence-electron chi connectivity index (χ0n) is 30.4. The smallest absolute Gasteiger partial charge is 0.238 e. The van der Waals surface area contributed by atoms with Crippen LogP contribution in [0.2, 0.25) is 0 Å². The number of nitrogens with zero attached hydrogens (tertiary/aromatic N) is 4. The van der Waals surface area contributed by atoms with E-state index < -0.39 is 0 Å². The SMILES string of the molecule is c1ccc(-c2nc(-c3ccc4oc5ccccc5c4c3)nc(-n3c4ccccc4c4cccc(-c5ccc6c(c5)oc5cccc(-c7ccccc7)c56)c43)n2)cc1. The van der Waals surface area contributed by atoms with Gasteiger partial charge in [-0.1, -0.05) is 133 Å². The van der Waals surface area contributed by atoms with Crippen LogP contribution in [0.5, 0.6) is 0 Å². The predicted octanol–water partition coefficient (Wildman–Crippen LogP) is 13.4. The minimum absolute atomic E-state index is 0.534. The Labute approximate surface area is 325 Å². The molecule has 0 radical (unpaired) electrons. The van der Waals surface area contributed by atoms with E-state index in [9.17, 15) is 0 Å². The molecular formula is C51H30N4O2. The van der Waals surface area contributed by atoms with E-state index in [1.807, 2.05) is 66.7 Å². The monoisotopic (exact) mass is 730 g/mol. The maximum Gasteiger partial charge on any atom is 0.238 e. The van der Waals surface area contributed by atoms with Crippen molar-refractivity contribution in [2.75, 3.05) is 0 Å². The molecule has 8 aromatic carbocycles. The van der Waals surface area contributed by atoms with Crippen molar-refractivity contribution >= 4 is 65.7 Å². The lowest BCUT2D eigenvalue weighted by Crippen LogP contribution is -2.07. The molecule has 12 aromatic rings. The van der Waals surface area contributed by atoms with Crippen LogP contribution in [0.1, 0.15) is 0 Å². The highest BCUT2D eigenvalue weighted by atomic mass is 16.3. The molecule has 0 aliphatic heterocycles. The highest BCUT2D eigenvalue weighted by Crippen LogP contribution is 2.42. The Morgan fingerprint density at radius 3 is 1.84 bits per heavy atom. The number of aromatic nitrogens is 4. The summed E-state index contributed by atoms with van der Waals surface area (Å²) in [6.45, 7) is 0. The third-order valence-electron chi connectivity index (χ3n) is 11.1.